The average Bonchev–Trinajstić information content (AvgIpc) is 2.41. The molecule has 0 aliphatic carbocycles. The molecule has 0 saturated carbocycles. The maximum absolute atomic E-state index is 12.6. The fourth-order valence-electron chi connectivity index (χ4n) is 2.23. The van der Waals surface area contributed by atoms with Gasteiger partial charge in [-0.05, 0) is 19.9 Å². The van der Waals surface area contributed by atoms with E-state index in [0.717, 1.165) is 0 Å². The summed E-state index contributed by atoms with van der Waals surface area (Å²) in [5.74, 6) is -0.771. The first-order valence-corrected chi connectivity index (χ1v) is 6.67. The van der Waals surface area contributed by atoms with Crippen molar-refractivity contribution in [2.75, 3.05) is 13.1 Å². The Labute approximate surface area is 126 Å². The van der Waals surface area contributed by atoms with Crippen molar-refractivity contribution in [2.24, 2.45) is 0 Å². The number of carbonyl (C=O) groups excluding carboxylic acids is 2. The van der Waals surface area contributed by atoms with Gasteiger partial charge in [-0.3, -0.25) is 19.7 Å². The number of carbonyl (C=O) groups is 2. The molecule has 1 heterocycles. The van der Waals surface area contributed by atoms with Crippen LogP contribution in [-0.2, 0) is 4.79 Å². The van der Waals surface area contributed by atoms with Crippen molar-refractivity contribution >= 4 is 29.1 Å². The van der Waals surface area contributed by atoms with Gasteiger partial charge in [0.05, 0.1) is 10.5 Å². The molecule has 2 rings (SSSR count). The van der Waals surface area contributed by atoms with Gasteiger partial charge in [0.15, 0.2) is 0 Å². The third-order valence-corrected chi connectivity index (χ3v) is 3.90. The van der Waals surface area contributed by atoms with Gasteiger partial charge in [-0.15, -0.1) is 0 Å². The van der Waals surface area contributed by atoms with Crippen molar-refractivity contribution in [3.8, 4) is 0 Å². The number of nitrogens with one attached hydrogen (secondary N) is 1. The highest BCUT2D eigenvalue weighted by atomic mass is 35.5. The Morgan fingerprint density at radius 2 is 2.14 bits per heavy atom. The molecule has 1 aliphatic heterocycles. The molecule has 0 radical (unpaired) electrons. The highest BCUT2D eigenvalue weighted by Crippen LogP contribution is 2.30. The molecule has 1 saturated heterocycles. The maximum Gasteiger partial charge on any atom is 0.288 e. The third kappa shape index (κ3) is 2.56. The van der Waals surface area contributed by atoms with E-state index in [2.05, 4.69) is 5.32 Å². The topological polar surface area (TPSA) is 92.6 Å². The van der Waals surface area contributed by atoms with Crippen LogP contribution in [0.4, 0.5) is 5.69 Å². The summed E-state index contributed by atoms with van der Waals surface area (Å²) in [4.78, 5) is 36.1. The smallest absolute Gasteiger partial charge is 0.288 e. The summed E-state index contributed by atoms with van der Waals surface area (Å²) < 4.78 is 0. The van der Waals surface area contributed by atoms with Crippen molar-refractivity contribution in [3.05, 3.63) is 38.9 Å². The molecule has 0 atom stereocenters. The molecule has 0 unspecified atom stereocenters. The quantitative estimate of drug-likeness (QED) is 0.663. The van der Waals surface area contributed by atoms with E-state index in [1.54, 1.807) is 13.8 Å². The van der Waals surface area contributed by atoms with Crippen LogP contribution in [0.3, 0.4) is 0 Å². The number of rotatable bonds is 2. The Morgan fingerprint density at radius 1 is 1.48 bits per heavy atom. The van der Waals surface area contributed by atoms with Crippen molar-refractivity contribution in [2.45, 2.75) is 19.4 Å². The van der Waals surface area contributed by atoms with E-state index in [4.69, 9.17) is 11.6 Å². The number of nitrogens with zero attached hydrogens (tertiary/aromatic N) is 2. The normalized spacial score (nSPS) is 17.3. The SMILES string of the molecule is CC1(C)C(=O)NCCN1C(=O)c1cccc([N+](=O)[O-])c1Cl. The minimum absolute atomic E-state index is 0.0219. The summed E-state index contributed by atoms with van der Waals surface area (Å²) in [6.07, 6.45) is 0. The van der Waals surface area contributed by atoms with Gasteiger partial charge in [0, 0.05) is 19.2 Å². The first-order chi connectivity index (χ1) is 9.76. The number of benzene rings is 1. The number of nitro benzene ring substituents is 1. The fourth-order valence-corrected chi connectivity index (χ4v) is 2.50. The predicted molar refractivity (Wildman–Crippen MR) is 76.2 cm³/mol. The van der Waals surface area contributed by atoms with Gasteiger partial charge >= 0.3 is 0 Å². The zero-order valence-electron chi connectivity index (χ0n) is 11.6. The highest BCUT2D eigenvalue weighted by Gasteiger charge is 2.41. The van der Waals surface area contributed by atoms with Crippen LogP contribution < -0.4 is 5.32 Å². The molecule has 8 heteroatoms. The molecule has 2 amide bonds. The van der Waals surface area contributed by atoms with Crippen molar-refractivity contribution in [1.82, 2.24) is 10.2 Å². The highest BCUT2D eigenvalue weighted by molar-refractivity contribution is 6.35. The van der Waals surface area contributed by atoms with E-state index in [0.29, 0.717) is 13.1 Å². The van der Waals surface area contributed by atoms with Gasteiger partial charge < -0.3 is 10.2 Å². The summed E-state index contributed by atoms with van der Waals surface area (Å²) in [7, 11) is 0. The Kier molecular flexibility index (Phi) is 3.87. The summed E-state index contributed by atoms with van der Waals surface area (Å²) in [5.41, 5.74) is -1.35. The van der Waals surface area contributed by atoms with Gasteiger partial charge in [-0.2, -0.15) is 0 Å². The number of hydrogen-bond donors (Lipinski definition) is 1. The molecule has 1 aromatic rings. The standard InChI is InChI=1S/C13H14ClN3O4/c1-13(2)12(19)15-6-7-16(13)11(18)8-4-3-5-9(10(8)14)17(20)21/h3-5H,6-7H2,1-2H3,(H,15,19). The Morgan fingerprint density at radius 3 is 2.76 bits per heavy atom. The third-order valence-electron chi connectivity index (χ3n) is 3.50. The lowest BCUT2D eigenvalue weighted by Crippen LogP contribution is -2.63. The monoisotopic (exact) mass is 311 g/mol. The van der Waals surface area contributed by atoms with Crippen LogP contribution in [0.5, 0.6) is 0 Å². The molecule has 0 bridgehead atoms. The van der Waals surface area contributed by atoms with E-state index >= 15 is 0 Å². The fraction of sp³-hybridized carbons (Fsp3) is 0.385. The number of halogens is 1. The van der Waals surface area contributed by atoms with Crippen molar-refractivity contribution < 1.29 is 14.5 Å². The number of nitro groups is 1. The van der Waals surface area contributed by atoms with Gasteiger partial charge in [0.2, 0.25) is 5.91 Å². The van der Waals surface area contributed by atoms with Crippen LogP contribution in [-0.4, -0.2) is 40.3 Å². The molecule has 1 aliphatic rings. The van der Waals surface area contributed by atoms with Crippen LogP contribution in [0.2, 0.25) is 5.02 Å². The van der Waals surface area contributed by atoms with E-state index in [-0.39, 0.29) is 22.2 Å². The van der Waals surface area contributed by atoms with Gasteiger partial charge in [-0.25, -0.2) is 0 Å². The van der Waals surface area contributed by atoms with Crippen LogP contribution in [0.15, 0.2) is 18.2 Å². The molecular weight excluding hydrogens is 298 g/mol. The lowest BCUT2D eigenvalue weighted by molar-refractivity contribution is -0.384. The molecule has 112 valence electrons. The Bertz CT molecular complexity index is 630. The molecule has 1 N–H and O–H groups in total. The van der Waals surface area contributed by atoms with Crippen molar-refractivity contribution in [3.63, 3.8) is 0 Å². The number of piperazine rings is 1. The zero-order chi connectivity index (χ0) is 15.8. The summed E-state index contributed by atoms with van der Waals surface area (Å²) in [6, 6.07) is 4.04. The van der Waals surface area contributed by atoms with Crippen molar-refractivity contribution in [1.29, 1.82) is 0 Å². The average molecular weight is 312 g/mol. The summed E-state index contributed by atoms with van der Waals surface area (Å²) in [5, 5.41) is 13.3. The van der Waals surface area contributed by atoms with Crippen LogP contribution in [0, 0.1) is 10.1 Å². The van der Waals surface area contributed by atoms with Crippen LogP contribution >= 0.6 is 11.6 Å². The second-order valence-electron chi connectivity index (χ2n) is 5.17. The minimum Gasteiger partial charge on any atom is -0.352 e. The van der Waals surface area contributed by atoms with E-state index < -0.39 is 16.4 Å². The van der Waals surface area contributed by atoms with E-state index in [1.807, 2.05) is 0 Å². The second-order valence-corrected chi connectivity index (χ2v) is 5.55. The zero-order valence-corrected chi connectivity index (χ0v) is 12.3. The minimum atomic E-state index is -1.04. The molecule has 0 aromatic heterocycles. The number of hydrogen-bond acceptors (Lipinski definition) is 4. The molecule has 0 spiro atoms. The Balaban J connectivity index is 2.43. The lowest BCUT2D eigenvalue weighted by atomic mass is 9.97. The van der Waals surface area contributed by atoms with E-state index in [1.165, 1.54) is 23.1 Å². The largest absolute Gasteiger partial charge is 0.352 e. The second kappa shape index (κ2) is 5.33. The molecule has 1 aromatic carbocycles. The summed E-state index contributed by atoms with van der Waals surface area (Å²) >= 11 is 5.96. The predicted octanol–water partition coefficient (Wildman–Crippen LogP) is 1.60. The van der Waals surface area contributed by atoms with Gasteiger partial charge in [0.25, 0.3) is 11.6 Å². The maximum atomic E-state index is 12.6. The lowest BCUT2D eigenvalue weighted by Gasteiger charge is -2.41. The van der Waals surface area contributed by atoms with Gasteiger partial charge in [0.1, 0.15) is 10.6 Å². The first-order valence-electron chi connectivity index (χ1n) is 6.30. The molecular formula is C13H14ClN3O4. The number of amides is 2. The van der Waals surface area contributed by atoms with Gasteiger partial charge in [-0.1, -0.05) is 17.7 Å². The van der Waals surface area contributed by atoms with Crippen LogP contribution in [0.25, 0.3) is 0 Å². The van der Waals surface area contributed by atoms with E-state index in [9.17, 15) is 19.7 Å². The summed E-state index contributed by atoms with van der Waals surface area (Å²) in [6.45, 7) is 3.88. The first kappa shape index (κ1) is 15.2. The molecule has 7 nitrogen and oxygen atoms in total. The Hall–Kier alpha value is -2.15. The van der Waals surface area contributed by atoms with Crippen LogP contribution in [0.1, 0.15) is 24.2 Å². The molecule has 21 heavy (non-hydrogen) atoms. The molecule has 1 fully saturated rings.